The van der Waals surface area contributed by atoms with Gasteiger partial charge in [0.15, 0.2) is 25.0 Å². The van der Waals surface area contributed by atoms with Crippen molar-refractivity contribution >= 4 is 11.9 Å². The fourth-order valence-electron chi connectivity index (χ4n) is 16.2. The predicted octanol–water partition coefficient (Wildman–Crippen LogP) is -1.30. The minimum Gasteiger partial charge on any atom is -0.479 e. The van der Waals surface area contributed by atoms with E-state index in [1.54, 1.807) is 0 Å². The zero-order chi connectivity index (χ0) is 55.6. The van der Waals surface area contributed by atoms with Crippen molar-refractivity contribution in [2.24, 2.45) is 50.2 Å². The first-order chi connectivity index (χ1) is 35.5. The van der Waals surface area contributed by atoms with Gasteiger partial charge in [0.2, 0.25) is 6.29 Å². The zero-order valence-electron chi connectivity index (χ0n) is 44.4. The number of carboxylic acid groups (broad SMARTS) is 1. The van der Waals surface area contributed by atoms with Gasteiger partial charge in [-0.05, 0) is 109 Å². The van der Waals surface area contributed by atoms with Gasteiger partial charge in [0, 0.05) is 0 Å². The molecule has 76 heavy (non-hydrogen) atoms. The van der Waals surface area contributed by atoms with Crippen LogP contribution < -0.4 is 0 Å². The first-order valence-corrected chi connectivity index (χ1v) is 27.2. The molecule has 5 aliphatic carbocycles. The summed E-state index contributed by atoms with van der Waals surface area (Å²) in [4.78, 5) is 27.6. The summed E-state index contributed by atoms with van der Waals surface area (Å²) in [5.41, 5.74) is -1.43. The summed E-state index contributed by atoms with van der Waals surface area (Å²) in [6.45, 7) is 13.7. The lowest BCUT2D eigenvalue weighted by Gasteiger charge is -2.71. The lowest BCUT2D eigenvalue weighted by atomic mass is 9.33. The van der Waals surface area contributed by atoms with Gasteiger partial charge in [-0.1, -0.05) is 60.1 Å². The molecule has 0 aromatic rings. The van der Waals surface area contributed by atoms with Crippen LogP contribution in [0.4, 0.5) is 0 Å². The molecule has 3 unspecified atom stereocenters. The third kappa shape index (κ3) is 9.42. The second-order valence-corrected chi connectivity index (χ2v) is 25.9. The number of carboxylic acids is 1. The van der Waals surface area contributed by atoms with Crippen molar-refractivity contribution in [3.05, 3.63) is 11.6 Å². The maximum absolute atomic E-state index is 14.8. The second kappa shape index (κ2) is 21.0. The molecule has 13 N–H and O–H groups in total. The number of carbonyl (C=O) groups excluding carboxylic acids is 1. The summed E-state index contributed by atoms with van der Waals surface area (Å²) >= 11 is 0. The summed E-state index contributed by atoms with van der Waals surface area (Å²) in [5, 5.41) is 138. The molecular formula is C53H84O23. The predicted molar refractivity (Wildman–Crippen MR) is 257 cm³/mol. The van der Waals surface area contributed by atoms with E-state index in [2.05, 4.69) is 54.5 Å². The average molecular weight is 1090 g/mol. The summed E-state index contributed by atoms with van der Waals surface area (Å²) in [6.07, 6.45) is -25.0. The number of aliphatic carboxylic acids is 1. The van der Waals surface area contributed by atoms with E-state index >= 15 is 0 Å². The van der Waals surface area contributed by atoms with Gasteiger partial charge < -0.3 is 104 Å². The Morgan fingerprint density at radius 1 is 0.605 bits per heavy atom. The minimum absolute atomic E-state index is 0.00491. The molecular weight excluding hydrogens is 1000 g/mol. The molecule has 0 aromatic carbocycles. The van der Waals surface area contributed by atoms with Crippen molar-refractivity contribution < 1.29 is 114 Å². The normalized spacial score (nSPS) is 52.9. The van der Waals surface area contributed by atoms with E-state index in [9.17, 15) is 76.0 Å². The number of esters is 1. The number of hydrogen-bond donors (Lipinski definition) is 13. The Bertz CT molecular complexity index is 2140. The van der Waals surface area contributed by atoms with Gasteiger partial charge in [-0.15, -0.1) is 0 Å². The SMILES string of the molecule is CC1(C)CC[C@]2(C(=O)O[C@@H]3O[C@H](CO)[C@@H](O)[C@H](O)[C@H]3O)CC[C@]3(C)C(=CCC4[C@@]5(C)CC[C@H](O[C@@H]6O[C@H](C(=O)O)[C@@H](O)[C@H](O[C@@H]7O[C@H](CO)[C@H](O)[C@H](O)[C@H]7O)[C@H]6O[C@@H]6OC[C@H](O)[C@H](O)[C@H]6O)C(C)(C)C5CC[C@]43C)C2C1. The Morgan fingerprint density at radius 2 is 1.20 bits per heavy atom. The molecule has 9 rings (SSSR count). The molecule has 0 bridgehead atoms. The van der Waals surface area contributed by atoms with Gasteiger partial charge >= 0.3 is 11.9 Å². The van der Waals surface area contributed by atoms with Crippen molar-refractivity contribution in [2.75, 3.05) is 19.8 Å². The van der Waals surface area contributed by atoms with Crippen molar-refractivity contribution in [2.45, 2.75) is 235 Å². The molecule has 0 radical (unpaired) electrons. The molecule has 4 heterocycles. The maximum atomic E-state index is 14.8. The third-order valence-corrected chi connectivity index (χ3v) is 21.0. The first-order valence-electron chi connectivity index (χ1n) is 27.2. The number of allylic oxidation sites excluding steroid dienone is 2. The van der Waals surface area contributed by atoms with Crippen molar-refractivity contribution in [1.82, 2.24) is 0 Å². The van der Waals surface area contributed by atoms with Crippen LogP contribution in [0.2, 0.25) is 0 Å². The standard InChI is InChI=1S/C53H84O23/c1-48(2)14-16-53(47(68)76-45-37(64)34(61)32(59)26(20-55)71-45)17-15-51(6)22(23(53)18-48)8-9-28-50(5)12-11-29(49(3,4)27(50)10-13-52(28,51)7)72-46-41(75-43-35(62)30(57)24(56)21-69-43)39(38(65)40(74-46)42(66)67)73-44-36(63)33(60)31(58)25(19-54)70-44/h8,23-41,43-46,54-65H,9-21H2,1-7H3,(H,66,67)/t23?,24-,25+,26+,27?,28?,29-,30-,31-,32+,33-,34-,35+,36+,37+,38-,39-,40-,41+,43-,44-,45-,46+,50-,51+,52+,53-/m0/s1. The fraction of sp³-hybridized carbons (Fsp3) is 0.925. The first kappa shape index (κ1) is 58.6. The van der Waals surface area contributed by atoms with E-state index in [0.717, 1.165) is 19.3 Å². The molecule has 9 aliphatic rings. The number of rotatable bonds is 11. The molecule has 4 aliphatic heterocycles. The Kier molecular flexibility index (Phi) is 16.2. The van der Waals surface area contributed by atoms with E-state index in [0.29, 0.717) is 44.9 Å². The molecule has 4 saturated heterocycles. The van der Waals surface area contributed by atoms with Gasteiger partial charge in [0.05, 0.1) is 31.3 Å². The fourth-order valence-corrected chi connectivity index (χ4v) is 16.2. The number of aliphatic hydroxyl groups excluding tert-OH is 12. The monoisotopic (exact) mass is 1090 g/mol. The highest BCUT2D eigenvalue weighted by Crippen LogP contribution is 2.76. The van der Waals surface area contributed by atoms with E-state index < -0.39 is 165 Å². The molecule has 0 amide bonds. The second-order valence-electron chi connectivity index (χ2n) is 25.9. The number of hydrogen-bond acceptors (Lipinski definition) is 22. The van der Waals surface area contributed by atoms with Gasteiger partial charge in [0.1, 0.15) is 85.5 Å². The van der Waals surface area contributed by atoms with Crippen molar-refractivity contribution in [3.63, 3.8) is 0 Å². The summed E-state index contributed by atoms with van der Waals surface area (Å²) < 4.78 is 48.1. The van der Waals surface area contributed by atoms with Gasteiger partial charge in [-0.3, -0.25) is 4.79 Å². The van der Waals surface area contributed by atoms with Crippen LogP contribution in [0.15, 0.2) is 11.6 Å². The quantitative estimate of drug-likeness (QED) is 0.0649. The molecule has 23 heteroatoms. The van der Waals surface area contributed by atoms with Crippen LogP contribution in [0.3, 0.4) is 0 Å². The molecule has 434 valence electrons. The molecule has 4 saturated carbocycles. The smallest absolute Gasteiger partial charge is 0.335 e. The van der Waals surface area contributed by atoms with Crippen LogP contribution in [-0.4, -0.2) is 221 Å². The lowest BCUT2D eigenvalue weighted by Crippen LogP contribution is -2.68. The van der Waals surface area contributed by atoms with E-state index in [1.165, 1.54) is 5.57 Å². The number of ether oxygens (including phenoxy) is 8. The molecule has 27 atom stereocenters. The number of fused-ring (bicyclic) bond motifs is 7. The van der Waals surface area contributed by atoms with Gasteiger partial charge in [0.25, 0.3) is 0 Å². The molecule has 23 nitrogen and oxygen atoms in total. The largest absolute Gasteiger partial charge is 0.479 e. The molecule has 0 spiro atoms. The summed E-state index contributed by atoms with van der Waals surface area (Å²) in [6, 6.07) is 0. The Labute approximate surface area is 442 Å². The molecule has 8 fully saturated rings. The van der Waals surface area contributed by atoms with Gasteiger partial charge in [-0.2, -0.15) is 0 Å². The average Bonchev–Trinajstić information content (AvgIpc) is 3.53. The van der Waals surface area contributed by atoms with Crippen LogP contribution in [-0.2, 0) is 47.5 Å². The highest BCUT2D eigenvalue weighted by molar-refractivity contribution is 5.79. The van der Waals surface area contributed by atoms with Crippen molar-refractivity contribution in [1.29, 1.82) is 0 Å². The highest BCUT2D eigenvalue weighted by Gasteiger charge is 2.70. The van der Waals surface area contributed by atoms with Crippen LogP contribution >= 0.6 is 0 Å². The summed E-state index contributed by atoms with van der Waals surface area (Å²) in [7, 11) is 0. The van der Waals surface area contributed by atoms with Crippen LogP contribution in [0.25, 0.3) is 0 Å². The van der Waals surface area contributed by atoms with Crippen LogP contribution in [0, 0.1) is 50.2 Å². The van der Waals surface area contributed by atoms with Crippen molar-refractivity contribution in [3.8, 4) is 0 Å². The minimum atomic E-state index is -2.10. The zero-order valence-corrected chi connectivity index (χ0v) is 44.4. The number of carbonyl (C=O) groups is 2. The van der Waals surface area contributed by atoms with E-state index in [-0.39, 0.29) is 39.4 Å². The van der Waals surface area contributed by atoms with Gasteiger partial charge in [-0.25, -0.2) is 4.79 Å². The molecule has 0 aromatic heterocycles. The van der Waals surface area contributed by atoms with E-state index in [4.69, 9.17) is 37.9 Å². The van der Waals surface area contributed by atoms with Crippen LogP contribution in [0.5, 0.6) is 0 Å². The third-order valence-electron chi connectivity index (χ3n) is 21.0. The Balaban J connectivity index is 0.996. The number of aliphatic hydroxyl groups is 12. The van der Waals surface area contributed by atoms with Crippen LogP contribution in [0.1, 0.15) is 113 Å². The van der Waals surface area contributed by atoms with E-state index in [1.807, 2.05) is 0 Å². The summed E-state index contributed by atoms with van der Waals surface area (Å²) in [5.74, 6) is -2.22. The maximum Gasteiger partial charge on any atom is 0.335 e. The highest BCUT2D eigenvalue weighted by atomic mass is 16.8. The lowest BCUT2D eigenvalue weighted by molar-refractivity contribution is -0.391. The Hall–Kier alpha value is -2.08. The topological polar surface area (TPSA) is 371 Å². The Morgan fingerprint density at radius 3 is 1.83 bits per heavy atom.